The second kappa shape index (κ2) is 5.08. The SMILES string of the molecule is COC(=O)C(C(C)=O)C(=O)C=CN. The predicted molar refractivity (Wildman–Crippen MR) is 44.5 cm³/mol. The van der Waals surface area contributed by atoms with Gasteiger partial charge in [-0.3, -0.25) is 14.4 Å². The maximum absolute atomic E-state index is 11.1. The molecule has 0 aliphatic rings. The van der Waals surface area contributed by atoms with Crippen LogP contribution in [0.1, 0.15) is 6.92 Å². The molecule has 0 heterocycles. The van der Waals surface area contributed by atoms with E-state index in [2.05, 4.69) is 4.74 Å². The highest BCUT2D eigenvalue weighted by Crippen LogP contribution is 2.03. The van der Waals surface area contributed by atoms with Gasteiger partial charge in [0.15, 0.2) is 17.5 Å². The number of methoxy groups -OCH3 is 1. The molecule has 0 spiro atoms. The maximum Gasteiger partial charge on any atom is 0.324 e. The molecule has 1 unspecified atom stereocenters. The highest BCUT2D eigenvalue weighted by atomic mass is 16.5. The minimum atomic E-state index is -1.38. The average molecular weight is 185 g/mol. The normalized spacial score (nSPS) is 12.5. The Hall–Kier alpha value is -1.65. The molecule has 0 aromatic heterocycles. The van der Waals surface area contributed by atoms with Gasteiger partial charge in [0, 0.05) is 0 Å². The highest BCUT2D eigenvalue weighted by Gasteiger charge is 2.29. The molecule has 0 rings (SSSR count). The molecule has 72 valence electrons. The summed E-state index contributed by atoms with van der Waals surface area (Å²) < 4.78 is 4.29. The van der Waals surface area contributed by atoms with Crippen molar-refractivity contribution in [3.05, 3.63) is 12.3 Å². The van der Waals surface area contributed by atoms with Crippen molar-refractivity contribution in [2.45, 2.75) is 6.92 Å². The van der Waals surface area contributed by atoms with Crippen molar-refractivity contribution in [1.29, 1.82) is 0 Å². The Morgan fingerprint density at radius 1 is 1.38 bits per heavy atom. The quantitative estimate of drug-likeness (QED) is 0.359. The number of ether oxygens (including phenoxy) is 1. The third-order valence-corrected chi connectivity index (χ3v) is 1.39. The molecule has 0 aliphatic carbocycles. The van der Waals surface area contributed by atoms with Gasteiger partial charge in [-0.05, 0) is 19.2 Å². The number of ketones is 2. The summed E-state index contributed by atoms with van der Waals surface area (Å²) in [4.78, 5) is 32.9. The summed E-state index contributed by atoms with van der Waals surface area (Å²) >= 11 is 0. The molecular formula is C8H11NO4. The molecule has 5 nitrogen and oxygen atoms in total. The minimum absolute atomic E-state index is 0.560. The van der Waals surface area contributed by atoms with Gasteiger partial charge in [-0.2, -0.15) is 0 Å². The predicted octanol–water partition coefficient (Wildman–Crippen LogP) is -0.594. The molecule has 13 heavy (non-hydrogen) atoms. The summed E-state index contributed by atoms with van der Waals surface area (Å²) in [5.41, 5.74) is 4.94. The lowest BCUT2D eigenvalue weighted by Gasteiger charge is -2.06. The first-order valence-electron chi connectivity index (χ1n) is 3.55. The zero-order valence-corrected chi connectivity index (χ0v) is 7.44. The standard InChI is InChI=1S/C8H11NO4/c1-5(10)7(8(12)13-2)6(11)3-4-9/h3-4,7H,9H2,1-2H3. The number of hydrogen-bond donors (Lipinski definition) is 1. The molecule has 2 N–H and O–H groups in total. The van der Waals surface area contributed by atoms with Crippen LogP contribution in [0.5, 0.6) is 0 Å². The number of rotatable bonds is 4. The summed E-state index contributed by atoms with van der Waals surface area (Å²) in [5.74, 6) is -3.47. The minimum Gasteiger partial charge on any atom is -0.468 e. The van der Waals surface area contributed by atoms with Crippen LogP contribution in [0.25, 0.3) is 0 Å². The fourth-order valence-corrected chi connectivity index (χ4v) is 0.791. The monoisotopic (exact) mass is 185 g/mol. The third kappa shape index (κ3) is 3.06. The molecular weight excluding hydrogens is 174 g/mol. The van der Waals surface area contributed by atoms with Gasteiger partial charge in [0.25, 0.3) is 0 Å². The van der Waals surface area contributed by atoms with Crippen molar-refractivity contribution < 1.29 is 19.1 Å². The van der Waals surface area contributed by atoms with Gasteiger partial charge >= 0.3 is 5.97 Å². The zero-order chi connectivity index (χ0) is 10.4. The van der Waals surface area contributed by atoms with Crippen LogP contribution in [0.3, 0.4) is 0 Å². The number of hydrogen-bond acceptors (Lipinski definition) is 5. The zero-order valence-electron chi connectivity index (χ0n) is 7.44. The fourth-order valence-electron chi connectivity index (χ4n) is 0.791. The molecule has 0 amide bonds. The summed E-state index contributed by atoms with van der Waals surface area (Å²) in [7, 11) is 1.11. The van der Waals surface area contributed by atoms with Crippen LogP contribution < -0.4 is 5.73 Å². The van der Waals surface area contributed by atoms with Crippen LogP contribution >= 0.6 is 0 Å². The van der Waals surface area contributed by atoms with Crippen molar-refractivity contribution in [2.24, 2.45) is 11.7 Å². The fraction of sp³-hybridized carbons (Fsp3) is 0.375. The molecule has 0 fully saturated rings. The third-order valence-electron chi connectivity index (χ3n) is 1.39. The number of Topliss-reactive ketones (excluding diaryl/α,β-unsaturated/α-hetero) is 1. The molecule has 0 aliphatic heterocycles. The van der Waals surface area contributed by atoms with Gasteiger partial charge in [-0.1, -0.05) is 0 Å². The summed E-state index contributed by atoms with van der Waals surface area (Å²) in [6, 6.07) is 0. The lowest BCUT2D eigenvalue weighted by atomic mass is 10.0. The lowest BCUT2D eigenvalue weighted by molar-refractivity contribution is -0.151. The second-order valence-corrected chi connectivity index (χ2v) is 2.33. The largest absolute Gasteiger partial charge is 0.468 e. The number of carbonyl (C=O) groups excluding carboxylic acids is 3. The van der Waals surface area contributed by atoms with Crippen molar-refractivity contribution in [3.63, 3.8) is 0 Å². The summed E-state index contributed by atoms with van der Waals surface area (Å²) in [5, 5.41) is 0. The first kappa shape index (κ1) is 11.4. The van der Waals surface area contributed by atoms with E-state index in [0.717, 1.165) is 26.3 Å². The highest BCUT2D eigenvalue weighted by molar-refractivity contribution is 6.19. The Morgan fingerprint density at radius 3 is 2.23 bits per heavy atom. The molecule has 0 saturated heterocycles. The molecule has 0 aromatic carbocycles. The van der Waals surface area contributed by atoms with Crippen LogP contribution in [0, 0.1) is 5.92 Å². The van der Waals surface area contributed by atoms with Crippen LogP contribution in [-0.2, 0) is 19.1 Å². The topological polar surface area (TPSA) is 86.5 Å². The van der Waals surface area contributed by atoms with E-state index < -0.39 is 23.5 Å². The number of allylic oxidation sites excluding steroid dienone is 1. The van der Waals surface area contributed by atoms with E-state index in [4.69, 9.17) is 5.73 Å². The number of esters is 1. The number of carbonyl (C=O) groups is 3. The van der Waals surface area contributed by atoms with Gasteiger partial charge in [0.2, 0.25) is 0 Å². The van der Waals surface area contributed by atoms with E-state index in [0.29, 0.717) is 0 Å². The molecule has 0 aromatic rings. The Labute approximate surface area is 75.5 Å². The van der Waals surface area contributed by atoms with Crippen molar-refractivity contribution >= 4 is 17.5 Å². The molecule has 1 atom stereocenters. The lowest BCUT2D eigenvalue weighted by Crippen LogP contribution is -2.30. The summed E-state index contributed by atoms with van der Waals surface area (Å²) in [6.07, 6.45) is 1.93. The van der Waals surface area contributed by atoms with Gasteiger partial charge in [0.05, 0.1) is 7.11 Å². The van der Waals surface area contributed by atoms with Crippen LogP contribution in [0.15, 0.2) is 12.3 Å². The second-order valence-electron chi connectivity index (χ2n) is 2.33. The van der Waals surface area contributed by atoms with Gasteiger partial charge in [0.1, 0.15) is 0 Å². The smallest absolute Gasteiger partial charge is 0.324 e. The van der Waals surface area contributed by atoms with E-state index >= 15 is 0 Å². The van der Waals surface area contributed by atoms with Crippen LogP contribution in [0.4, 0.5) is 0 Å². The Bertz CT molecular complexity index is 257. The Balaban J connectivity index is 4.71. The van der Waals surface area contributed by atoms with Crippen molar-refractivity contribution in [3.8, 4) is 0 Å². The molecule has 0 radical (unpaired) electrons. The Kier molecular flexibility index (Phi) is 4.43. The maximum atomic E-state index is 11.1. The van der Waals surface area contributed by atoms with Crippen LogP contribution in [0.2, 0.25) is 0 Å². The molecule has 0 bridgehead atoms. The van der Waals surface area contributed by atoms with Crippen molar-refractivity contribution in [2.75, 3.05) is 7.11 Å². The average Bonchev–Trinajstić information content (AvgIpc) is 2.04. The molecule has 0 saturated carbocycles. The van der Waals surface area contributed by atoms with Gasteiger partial charge < -0.3 is 10.5 Å². The van der Waals surface area contributed by atoms with E-state index in [-0.39, 0.29) is 0 Å². The van der Waals surface area contributed by atoms with Crippen molar-refractivity contribution in [1.82, 2.24) is 0 Å². The van der Waals surface area contributed by atoms with Gasteiger partial charge in [-0.15, -0.1) is 0 Å². The summed E-state index contributed by atoms with van der Waals surface area (Å²) in [6.45, 7) is 1.14. The van der Waals surface area contributed by atoms with E-state index in [1.807, 2.05) is 0 Å². The Morgan fingerprint density at radius 2 is 1.92 bits per heavy atom. The first-order valence-corrected chi connectivity index (χ1v) is 3.55. The van der Waals surface area contributed by atoms with E-state index in [9.17, 15) is 14.4 Å². The van der Waals surface area contributed by atoms with E-state index in [1.54, 1.807) is 0 Å². The van der Waals surface area contributed by atoms with E-state index in [1.165, 1.54) is 0 Å². The molecule has 5 heteroatoms. The first-order chi connectivity index (χ1) is 6.04. The number of nitrogens with two attached hydrogens (primary N) is 1. The van der Waals surface area contributed by atoms with Gasteiger partial charge in [-0.25, -0.2) is 0 Å². The van der Waals surface area contributed by atoms with Crippen LogP contribution in [-0.4, -0.2) is 24.6 Å².